The topological polar surface area (TPSA) is 38.9 Å². The van der Waals surface area contributed by atoms with Crippen molar-refractivity contribution in [1.82, 2.24) is 9.97 Å². The molecule has 4 heteroatoms. The second kappa shape index (κ2) is 5.28. The standard InChI is InChI=1S/C20H12N2OS/c1-2-16(14-5-6-17-19(11-14)24-12-22-17)20(21-8-1)15-4-3-13-7-9-23-18(13)10-15/h1-12H. The zero-order valence-electron chi connectivity index (χ0n) is 12.6. The van der Waals surface area contributed by atoms with Gasteiger partial charge in [-0.05, 0) is 35.9 Å². The maximum Gasteiger partial charge on any atom is 0.134 e. The van der Waals surface area contributed by atoms with E-state index in [1.165, 1.54) is 4.70 Å². The molecule has 114 valence electrons. The van der Waals surface area contributed by atoms with E-state index in [2.05, 4.69) is 46.4 Å². The Labute approximate surface area is 142 Å². The number of nitrogens with zero attached hydrogens (tertiary/aromatic N) is 2. The molecule has 3 heterocycles. The van der Waals surface area contributed by atoms with Crippen molar-refractivity contribution in [3.8, 4) is 22.4 Å². The molecule has 0 radical (unpaired) electrons. The van der Waals surface area contributed by atoms with Crippen LogP contribution in [0.5, 0.6) is 0 Å². The maximum atomic E-state index is 5.54. The molecular formula is C20H12N2OS. The lowest BCUT2D eigenvalue weighted by atomic mass is 9.99. The lowest BCUT2D eigenvalue weighted by molar-refractivity contribution is 0.616. The Morgan fingerprint density at radius 2 is 1.83 bits per heavy atom. The van der Waals surface area contributed by atoms with Gasteiger partial charge >= 0.3 is 0 Å². The monoisotopic (exact) mass is 328 g/mol. The van der Waals surface area contributed by atoms with Crippen molar-refractivity contribution < 1.29 is 4.42 Å². The highest BCUT2D eigenvalue weighted by Crippen LogP contribution is 2.34. The number of aromatic nitrogens is 2. The van der Waals surface area contributed by atoms with E-state index in [1.54, 1.807) is 17.6 Å². The van der Waals surface area contributed by atoms with Crippen LogP contribution in [0, 0.1) is 0 Å². The van der Waals surface area contributed by atoms with Gasteiger partial charge in [-0.25, -0.2) is 4.98 Å². The van der Waals surface area contributed by atoms with Crippen LogP contribution < -0.4 is 0 Å². The van der Waals surface area contributed by atoms with Crippen LogP contribution in [0.25, 0.3) is 43.6 Å². The minimum absolute atomic E-state index is 0.877. The third kappa shape index (κ3) is 2.12. The summed E-state index contributed by atoms with van der Waals surface area (Å²) in [6.45, 7) is 0. The lowest BCUT2D eigenvalue weighted by Crippen LogP contribution is -1.88. The van der Waals surface area contributed by atoms with Crippen molar-refractivity contribution in [2.45, 2.75) is 0 Å². The van der Waals surface area contributed by atoms with Gasteiger partial charge in [0.1, 0.15) is 5.58 Å². The van der Waals surface area contributed by atoms with Gasteiger partial charge in [-0.15, -0.1) is 11.3 Å². The van der Waals surface area contributed by atoms with Gasteiger partial charge in [-0.2, -0.15) is 0 Å². The Hall–Kier alpha value is -2.98. The van der Waals surface area contributed by atoms with Gasteiger partial charge in [0, 0.05) is 22.7 Å². The van der Waals surface area contributed by atoms with Crippen molar-refractivity contribution in [2.24, 2.45) is 0 Å². The van der Waals surface area contributed by atoms with Crippen molar-refractivity contribution in [3.05, 3.63) is 72.6 Å². The summed E-state index contributed by atoms with van der Waals surface area (Å²) in [4.78, 5) is 8.98. The Bertz CT molecular complexity index is 1080. The molecule has 0 amide bonds. The number of benzene rings is 2. The van der Waals surface area contributed by atoms with E-state index in [9.17, 15) is 0 Å². The fourth-order valence-corrected chi connectivity index (χ4v) is 3.71. The average molecular weight is 328 g/mol. The molecule has 0 atom stereocenters. The Kier molecular flexibility index (Phi) is 2.96. The van der Waals surface area contributed by atoms with Gasteiger partial charge in [0.05, 0.1) is 27.7 Å². The van der Waals surface area contributed by atoms with Crippen molar-refractivity contribution in [3.63, 3.8) is 0 Å². The Morgan fingerprint density at radius 3 is 2.83 bits per heavy atom. The van der Waals surface area contributed by atoms with E-state index in [1.807, 2.05) is 29.9 Å². The van der Waals surface area contributed by atoms with Crippen LogP contribution in [0.15, 0.2) is 77.0 Å². The lowest BCUT2D eigenvalue weighted by Gasteiger charge is -2.09. The van der Waals surface area contributed by atoms with Crippen LogP contribution in [0.2, 0.25) is 0 Å². The Balaban J connectivity index is 1.72. The molecule has 0 aliphatic heterocycles. The minimum atomic E-state index is 0.877. The van der Waals surface area contributed by atoms with E-state index >= 15 is 0 Å². The third-order valence-corrected chi connectivity index (χ3v) is 4.97. The number of hydrogen-bond donors (Lipinski definition) is 0. The number of rotatable bonds is 2. The molecule has 5 aromatic rings. The van der Waals surface area contributed by atoms with Gasteiger partial charge in [-0.1, -0.05) is 24.3 Å². The first kappa shape index (κ1) is 13.5. The van der Waals surface area contributed by atoms with Crippen LogP contribution in [0.3, 0.4) is 0 Å². The fraction of sp³-hybridized carbons (Fsp3) is 0. The molecule has 0 aliphatic carbocycles. The summed E-state index contributed by atoms with van der Waals surface area (Å²) in [6.07, 6.45) is 3.54. The molecule has 0 spiro atoms. The minimum Gasteiger partial charge on any atom is -0.464 e. The molecule has 3 nitrogen and oxygen atoms in total. The highest BCUT2D eigenvalue weighted by atomic mass is 32.1. The summed E-state index contributed by atoms with van der Waals surface area (Å²) in [7, 11) is 0. The van der Waals surface area contributed by atoms with Crippen LogP contribution >= 0.6 is 11.3 Å². The largest absolute Gasteiger partial charge is 0.464 e. The highest BCUT2D eigenvalue weighted by molar-refractivity contribution is 7.16. The molecule has 0 unspecified atom stereocenters. The number of fused-ring (bicyclic) bond motifs is 2. The summed E-state index contributed by atoms with van der Waals surface area (Å²) in [5.74, 6) is 0. The van der Waals surface area contributed by atoms with Crippen LogP contribution in [-0.2, 0) is 0 Å². The summed E-state index contributed by atoms with van der Waals surface area (Å²) in [5, 5.41) is 1.10. The predicted molar refractivity (Wildman–Crippen MR) is 98.1 cm³/mol. The molecule has 0 saturated heterocycles. The smallest absolute Gasteiger partial charge is 0.134 e. The normalized spacial score (nSPS) is 11.3. The summed E-state index contributed by atoms with van der Waals surface area (Å²) >= 11 is 1.65. The van der Waals surface area contributed by atoms with E-state index in [-0.39, 0.29) is 0 Å². The van der Waals surface area contributed by atoms with Gasteiger partial charge in [-0.3, -0.25) is 4.98 Å². The first-order chi connectivity index (χ1) is 11.9. The molecule has 5 rings (SSSR count). The molecule has 0 saturated carbocycles. The van der Waals surface area contributed by atoms with Gasteiger partial charge in [0.15, 0.2) is 0 Å². The molecule has 0 fully saturated rings. The van der Waals surface area contributed by atoms with E-state index < -0.39 is 0 Å². The van der Waals surface area contributed by atoms with Gasteiger partial charge in [0.25, 0.3) is 0 Å². The second-order valence-electron chi connectivity index (χ2n) is 5.61. The average Bonchev–Trinajstić information content (AvgIpc) is 3.29. The zero-order valence-corrected chi connectivity index (χ0v) is 13.5. The molecule has 24 heavy (non-hydrogen) atoms. The van der Waals surface area contributed by atoms with E-state index in [0.29, 0.717) is 0 Å². The predicted octanol–water partition coefficient (Wildman–Crippen LogP) is 5.77. The van der Waals surface area contributed by atoms with Crippen LogP contribution in [0.1, 0.15) is 0 Å². The van der Waals surface area contributed by atoms with Crippen LogP contribution in [0.4, 0.5) is 0 Å². The quantitative estimate of drug-likeness (QED) is 0.413. The zero-order chi connectivity index (χ0) is 15.9. The molecule has 0 bridgehead atoms. The highest BCUT2D eigenvalue weighted by Gasteiger charge is 2.11. The van der Waals surface area contributed by atoms with Gasteiger partial charge in [0.2, 0.25) is 0 Å². The molecule has 0 N–H and O–H groups in total. The molecule has 2 aromatic carbocycles. The van der Waals surface area contributed by atoms with Crippen molar-refractivity contribution in [1.29, 1.82) is 0 Å². The SMILES string of the molecule is c1cnc(-c2ccc3ccoc3c2)c(-c2ccc3ncsc3c2)c1. The summed E-state index contributed by atoms with van der Waals surface area (Å²) < 4.78 is 6.72. The van der Waals surface area contributed by atoms with E-state index in [0.717, 1.165) is 38.9 Å². The first-order valence-corrected chi connectivity index (χ1v) is 8.53. The Morgan fingerprint density at radius 1 is 0.875 bits per heavy atom. The number of thiazole rings is 1. The summed E-state index contributed by atoms with van der Waals surface area (Å²) in [5.41, 5.74) is 8.06. The second-order valence-corrected chi connectivity index (χ2v) is 6.49. The molecule has 0 aliphatic rings. The van der Waals surface area contributed by atoms with Crippen LogP contribution in [-0.4, -0.2) is 9.97 Å². The number of hydrogen-bond acceptors (Lipinski definition) is 4. The van der Waals surface area contributed by atoms with E-state index in [4.69, 9.17) is 4.42 Å². The van der Waals surface area contributed by atoms with Crippen molar-refractivity contribution >= 4 is 32.5 Å². The number of furan rings is 1. The number of pyridine rings is 1. The molecule has 3 aromatic heterocycles. The van der Waals surface area contributed by atoms with Crippen molar-refractivity contribution in [2.75, 3.05) is 0 Å². The third-order valence-electron chi connectivity index (χ3n) is 4.18. The molecular weight excluding hydrogens is 316 g/mol. The first-order valence-electron chi connectivity index (χ1n) is 7.65. The maximum absolute atomic E-state index is 5.54. The fourth-order valence-electron chi connectivity index (χ4n) is 2.99. The summed E-state index contributed by atoms with van der Waals surface area (Å²) in [6, 6.07) is 18.6. The van der Waals surface area contributed by atoms with Gasteiger partial charge < -0.3 is 4.42 Å².